The standard InChI is InChI=1S/C26H26N2O4/c1-3-32-22-14-10-20(11-15-22)27-25(29)16-24(18-8-12-21(31-2)13-9-18)28-17-19-6-4-5-7-23(19)26(28)30/h4-15,24H,3,16-17H2,1-2H3,(H,27,29). The second-order valence-electron chi connectivity index (χ2n) is 7.59. The average Bonchev–Trinajstić information content (AvgIpc) is 3.15. The lowest BCUT2D eigenvalue weighted by molar-refractivity contribution is -0.117. The van der Waals surface area contributed by atoms with Gasteiger partial charge in [0.05, 0.1) is 26.2 Å². The highest BCUT2D eigenvalue weighted by Crippen LogP contribution is 2.34. The monoisotopic (exact) mass is 430 g/mol. The molecular formula is C26H26N2O4. The SMILES string of the molecule is CCOc1ccc(NC(=O)CC(c2ccc(OC)cc2)N2Cc3ccccc3C2=O)cc1. The minimum Gasteiger partial charge on any atom is -0.497 e. The minimum atomic E-state index is -0.400. The lowest BCUT2D eigenvalue weighted by atomic mass is 10.0. The molecule has 0 radical (unpaired) electrons. The molecule has 0 aromatic heterocycles. The second-order valence-corrected chi connectivity index (χ2v) is 7.59. The van der Waals surface area contributed by atoms with Gasteiger partial charge in [0.1, 0.15) is 11.5 Å². The van der Waals surface area contributed by atoms with Crippen LogP contribution < -0.4 is 14.8 Å². The van der Waals surface area contributed by atoms with Crippen LogP contribution >= 0.6 is 0 Å². The van der Waals surface area contributed by atoms with E-state index < -0.39 is 6.04 Å². The molecule has 164 valence electrons. The molecule has 0 bridgehead atoms. The fourth-order valence-corrected chi connectivity index (χ4v) is 3.95. The molecule has 0 saturated carbocycles. The van der Waals surface area contributed by atoms with E-state index in [-0.39, 0.29) is 18.2 Å². The molecule has 3 aromatic carbocycles. The van der Waals surface area contributed by atoms with Gasteiger partial charge in [-0.1, -0.05) is 30.3 Å². The summed E-state index contributed by atoms with van der Waals surface area (Å²) in [5.41, 5.74) is 3.23. The van der Waals surface area contributed by atoms with Crippen molar-refractivity contribution in [2.24, 2.45) is 0 Å². The number of nitrogens with zero attached hydrogens (tertiary/aromatic N) is 1. The number of benzene rings is 3. The number of nitrogens with one attached hydrogen (secondary N) is 1. The fourth-order valence-electron chi connectivity index (χ4n) is 3.95. The van der Waals surface area contributed by atoms with E-state index >= 15 is 0 Å². The molecular weight excluding hydrogens is 404 g/mol. The van der Waals surface area contributed by atoms with Gasteiger partial charge in [-0.2, -0.15) is 0 Å². The Labute approximate surface area is 187 Å². The summed E-state index contributed by atoms with van der Waals surface area (Å²) in [6, 6.07) is 21.9. The van der Waals surface area contributed by atoms with E-state index in [1.807, 2.05) is 79.7 Å². The van der Waals surface area contributed by atoms with Crippen LogP contribution in [0.5, 0.6) is 11.5 Å². The van der Waals surface area contributed by atoms with Crippen molar-refractivity contribution in [2.45, 2.75) is 25.9 Å². The lowest BCUT2D eigenvalue weighted by Crippen LogP contribution is -2.32. The number of amides is 2. The number of ether oxygens (including phenoxy) is 2. The van der Waals surface area contributed by atoms with Crippen LogP contribution in [0.15, 0.2) is 72.8 Å². The van der Waals surface area contributed by atoms with Gasteiger partial charge in [-0.3, -0.25) is 9.59 Å². The van der Waals surface area contributed by atoms with Crippen molar-refractivity contribution in [2.75, 3.05) is 19.0 Å². The first-order chi connectivity index (χ1) is 15.6. The number of fused-ring (bicyclic) bond motifs is 1. The molecule has 3 aromatic rings. The highest BCUT2D eigenvalue weighted by Gasteiger charge is 2.34. The maximum absolute atomic E-state index is 13.1. The molecule has 1 atom stereocenters. The maximum atomic E-state index is 13.1. The zero-order chi connectivity index (χ0) is 22.5. The number of carbonyl (C=O) groups excluding carboxylic acids is 2. The third-order valence-electron chi connectivity index (χ3n) is 5.55. The fraction of sp³-hybridized carbons (Fsp3) is 0.231. The molecule has 1 N–H and O–H groups in total. The van der Waals surface area contributed by atoms with Gasteiger partial charge in [0, 0.05) is 17.8 Å². The summed E-state index contributed by atoms with van der Waals surface area (Å²) < 4.78 is 10.7. The summed E-state index contributed by atoms with van der Waals surface area (Å²) in [4.78, 5) is 27.9. The largest absolute Gasteiger partial charge is 0.497 e. The van der Waals surface area contributed by atoms with E-state index in [9.17, 15) is 9.59 Å². The van der Waals surface area contributed by atoms with Gasteiger partial charge in [0.2, 0.25) is 5.91 Å². The zero-order valence-corrected chi connectivity index (χ0v) is 18.2. The Hall–Kier alpha value is -3.80. The molecule has 0 saturated heterocycles. The Kier molecular flexibility index (Phi) is 6.40. The first kappa shape index (κ1) is 21.4. The van der Waals surface area contributed by atoms with Gasteiger partial charge in [-0.15, -0.1) is 0 Å². The van der Waals surface area contributed by atoms with Gasteiger partial charge >= 0.3 is 0 Å². The van der Waals surface area contributed by atoms with E-state index in [1.165, 1.54) is 0 Å². The van der Waals surface area contributed by atoms with Crippen molar-refractivity contribution < 1.29 is 19.1 Å². The molecule has 1 aliphatic rings. The Balaban J connectivity index is 1.55. The topological polar surface area (TPSA) is 67.9 Å². The van der Waals surface area contributed by atoms with Crippen LogP contribution in [-0.4, -0.2) is 30.4 Å². The van der Waals surface area contributed by atoms with Crippen LogP contribution in [0.2, 0.25) is 0 Å². The Morgan fingerprint density at radius 1 is 1.00 bits per heavy atom. The average molecular weight is 431 g/mol. The van der Waals surface area contributed by atoms with E-state index in [4.69, 9.17) is 9.47 Å². The van der Waals surface area contributed by atoms with Gasteiger partial charge in [-0.05, 0) is 60.5 Å². The zero-order valence-electron chi connectivity index (χ0n) is 18.2. The molecule has 32 heavy (non-hydrogen) atoms. The number of anilines is 1. The van der Waals surface area contributed by atoms with Gasteiger partial charge in [0.25, 0.3) is 5.91 Å². The quantitative estimate of drug-likeness (QED) is 0.556. The Morgan fingerprint density at radius 2 is 1.69 bits per heavy atom. The summed E-state index contributed by atoms with van der Waals surface area (Å²) in [7, 11) is 1.61. The lowest BCUT2D eigenvalue weighted by Gasteiger charge is -2.28. The Bertz CT molecular complexity index is 1090. The normalized spacial score (nSPS) is 13.4. The van der Waals surface area contributed by atoms with E-state index in [0.717, 1.165) is 22.6 Å². The molecule has 0 spiro atoms. The minimum absolute atomic E-state index is 0.0599. The van der Waals surface area contributed by atoms with Crippen LogP contribution in [0.4, 0.5) is 5.69 Å². The molecule has 4 rings (SSSR count). The summed E-state index contributed by atoms with van der Waals surface area (Å²) in [6.07, 6.45) is 0.138. The summed E-state index contributed by atoms with van der Waals surface area (Å²) in [6.45, 7) is 2.98. The number of hydrogen-bond donors (Lipinski definition) is 1. The van der Waals surface area contributed by atoms with Crippen LogP contribution in [0.25, 0.3) is 0 Å². The molecule has 6 nitrogen and oxygen atoms in total. The second kappa shape index (κ2) is 9.56. The summed E-state index contributed by atoms with van der Waals surface area (Å²) in [5, 5.41) is 2.94. The van der Waals surface area contributed by atoms with Crippen molar-refractivity contribution in [1.29, 1.82) is 0 Å². The van der Waals surface area contributed by atoms with Gasteiger partial charge in [-0.25, -0.2) is 0 Å². The predicted octanol–water partition coefficient (Wildman–Crippen LogP) is 4.82. The summed E-state index contributed by atoms with van der Waals surface area (Å²) in [5.74, 6) is 1.25. The third-order valence-corrected chi connectivity index (χ3v) is 5.55. The van der Waals surface area contributed by atoms with Crippen molar-refractivity contribution in [3.63, 3.8) is 0 Å². The van der Waals surface area contributed by atoms with Gasteiger partial charge in [0.15, 0.2) is 0 Å². The molecule has 1 heterocycles. The van der Waals surface area contributed by atoms with E-state index in [0.29, 0.717) is 24.4 Å². The van der Waals surface area contributed by atoms with E-state index in [2.05, 4.69) is 5.32 Å². The smallest absolute Gasteiger partial charge is 0.255 e. The molecule has 1 aliphatic heterocycles. The highest BCUT2D eigenvalue weighted by atomic mass is 16.5. The summed E-state index contributed by atoms with van der Waals surface area (Å²) >= 11 is 0. The molecule has 0 aliphatic carbocycles. The van der Waals surface area contributed by atoms with Crippen molar-refractivity contribution in [3.05, 3.63) is 89.5 Å². The first-order valence-electron chi connectivity index (χ1n) is 10.6. The Morgan fingerprint density at radius 3 is 2.34 bits per heavy atom. The first-order valence-corrected chi connectivity index (χ1v) is 10.6. The molecule has 0 fully saturated rings. The predicted molar refractivity (Wildman–Crippen MR) is 123 cm³/mol. The number of carbonyl (C=O) groups is 2. The third kappa shape index (κ3) is 4.59. The van der Waals surface area contributed by atoms with Crippen molar-refractivity contribution in [1.82, 2.24) is 4.90 Å². The number of methoxy groups -OCH3 is 1. The maximum Gasteiger partial charge on any atom is 0.255 e. The van der Waals surface area contributed by atoms with Crippen LogP contribution in [-0.2, 0) is 11.3 Å². The molecule has 2 amide bonds. The van der Waals surface area contributed by atoms with Crippen LogP contribution in [0.3, 0.4) is 0 Å². The molecule has 1 unspecified atom stereocenters. The van der Waals surface area contributed by atoms with Crippen molar-refractivity contribution >= 4 is 17.5 Å². The van der Waals surface area contributed by atoms with Crippen LogP contribution in [0.1, 0.15) is 40.9 Å². The van der Waals surface area contributed by atoms with Crippen molar-refractivity contribution in [3.8, 4) is 11.5 Å². The highest BCUT2D eigenvalue weighted by molar-refractivity contribution is 5.99. The number of hydrogen-bond acceptors (Lipinski definition) is 4. The molecule has 6 heteroatoms. The van der Waals surface area contributed by atoms with Gasteiger partial charge < -0.3 is 19.7 Å². The van der Waals surface area contributed by atoms with Crippen LogP contribution in [0, 0.1) is 0 Å². The number of rotatable bonds is 8. The van der Waals surface area contributed by atoms with E-state index in [1.54, 1.807) is 12.0 Å².